The first-order valence-electron chi connectivity index (χ1n) is 9.70. The minimum absolute atomic E-state index is 0.00301. The lowest BCUT2D eigenvalue weighted by atomic mass is 9.85. The molecule has 2 N–H and O–H groups in total. The van der Waals surface area contributed by atoms with Gasteiger partial charge in [-0.05, 0) is 41.7 Å². The second-order valence-corrected chi connectivity index (χ2v) is 9.12. The summed E-state index contributed by atoms with van der Waals surface area (Å²) in [5.74, 6) is 0.0843. The first-order chi connectivity index (χ1) is 14.1. The second kappa shape index (κ2) is 8.88. The van der Waals surface area contributed by atoms with E-state index in [1.54, 1.807) is 22.7 Å². The summed E-state index contributed by atoms with van der Waals surface area (Å²) in [6.45, 7) is 0.470. The zero-order valence-corrected chi connectivity index (χ0v) is 17.7. The van der Waals surface area contributed by atoms with E-state index in [9.17, 15) is 9.59 Å². The number of hydrogen-bond donors (Lipinski definition) is 2. The van der Waals surface area contributed by atoms with Crippen molar-refractivity contribution in [3.63, 3.8) is 0 Å². The van der Waals surface area contributed by atoms with Gasteiger partial charge in [0.15, 0.2) is 0 Å². The van der Waals surface area contributed by atoms with Crippen LogP contribution >= 0.6 is 22.7 Å². The summed E-state index contributed by atoms with van der Waals surface area (Å²) in [5.41, 5.74) is 4.70. The van der Waals surface area contributed by atoms with Crippen LogP contribution in [0.1, 0.15) is 36.1 Å². The van der Waals surface area contributed by atoms with E-state index < -0.39 is 0 Å². The number of nitrogens with zero attached hydrogens (tertiary/aromatic N) is 1. The largest absolute Gasteiger partial charge is 0.351 e. The molecular weight excluding hydrogens is 402 g/mol. The molecule has 1 aliphatic heterocycles. The molecule has 1 aromatic carbocycles. The molecule has 5 nitrogen and oxygen atoms in total. The molecule has 150 valence electrons. The van der Waals surface area contributed by atoms with Crippen LogP contribution in [-0.4, -0.2) is 22.3 Å². The Balaban J connectivity index is 1.34. The molecule has 29 heavy (non-hydrogen) atoms. The van der Waals surface area contributed by atoms with E-state index in [-0.39, 0.29) is 17.4 Å². The molecule has 1 atom stereocenters. The molecule has 0 saturated carbocycles. The average molecular weight is 426 g/mol. The number of thiophene rings is 1. The summed E-state index contributed by atoms with van der Waals surface area (Å²) in [7, 11) is 0. The topological polar surface area (TPSA) is 71.1 Å². The molecule has 2 aromatic heterocycles. The van der Waals surface area contributed by atoms with E-state index in [0.29, 0.717) is 25.8 Å². The molecule has 1 saturated heterocycles. The van der Waals surface area contributed by atoms with Crippen molar-refractivity contribution in [2.24, 2.45) is 0 Å². The quantitative estimate of drug-likeness (QED) is 0.569. The Labute approximate surface area is 178 Å². The Morgan fingerprint density at radius 1 is 1.24 bits per heavy atom. The molecule has 0 bridgehead atoms. The van der Waals surface area contributed by atoms with Gasteiger partial charge in [0.2, 0.25) is 11.8 Å². The van der Waals surface area contributed by atoms with Crippen molar-refractivity contribution in [2.75, 3.05) is 0 Å². The molecule has 1 unspecified atom stereocenters. The van der Waals surface area contributed by atoms with Gasteiger partial charge in [-0.15, -0.1) is 11.3 Å². The molecule has 3 aromatic rings. The van der Waals surface area contributed by atoms with E-state index >= 15 is 0 Å². The lowest BCUT2D eigenvalue weighted by molar-refractivity contribution is -0.122. The van der Waals surface area contributed by atoms with E-state index in [4.69, 9.17) is 0 Å². The van der Waals surface area contributed by atoms with Crippen LogP contribution in [0.5, 0.6) is 0 Å². The smallest absolute Gasteiger partial charge is 0.220 e. The lowest BCUT2D eigenvalue weighted by Gasteiger charge is -2.29. The number of thiazole rings is 1. The zero-order chi connectivity index (χ0) is 20.1. The fraction of sp³-hybridized carbons (Fsp3) is 0.318. The fourth-order valence-corrected chi connectivity index (χ4v) is 5.21. The maximum absolute atomic E-state index is 12.5. The Morgan fingerprint density at radius 2 is 2.10 bits per heavy atom. The lowest BCUT2D eigenvalue weighted by Crippen LogP contribution is -2.44. The van der Waals surface area contributed by atoms with Gasteiger partial charge < -0.3 is 10.6 Å². The van der Waals surface area contributed by atoms with Crippen molar-refractivity contribution in [1.29, 1.82) is 0 Å². The van der Waals surface area contributed by atoms with Crippen LogP contribution in [0.3, 0.4) is 0 Å². The molecule has 2 amide bonds. The van der Waals surface area contributed by atoms with Crippen LogP contribution in [-0.2, 0) is 22.6 Å². The van der Waals surface area contributed by atoms with Crippen molar-refractivity contribution < 1.29 is 9.59 Å². The van der Waals surface area contributed by atoms with Crippen LogP contribution in [0, 0.1) is 0 Å². The molecule has 0 radical (unpaired) electrons. The number of carbonyl (C=O) groups is 2. The van der Waals surface area contributed by atoms with E-state index in [0.717, 1.165) is 29.0 Å². The number of carbonyl (C=O) groups excluding carboxylic acids is 2. The molecule has 3 heterocycles. The van der Waals surface area contributed by atoms with Crippen LogP contribution in [0.2, 0.25) is 0 Å². The van der Waals surface area contributed by atoms with Gasteiger partial charge in [-0.2, -0.15) is 11.3 Å². The first kappa shape index (κ1) is 19.8. The van der Waals surface area contributed by atoms with Crippen molar-refractivity contribution in [2.45, 2.75) is 44.2 Å². The third kappa shape index (κ3) is 4.92. The summed E-state index contributed by atoms with van der Waals surface area (Å²) in [6.07, 6.45) is 3.14. The number of hydrogen-bond acceptors (Lipinski definition) is 5. The highest BCUT2D eigenvalue weighted by molar-refractivity contribution is 7.10. The summed E-state index contributed by atoms with van der Waals surface area (Å²) in [5, 5.41) is 10.3. The molecular formula is C22H23N3O2S2. The van der Waals surface area contributed by atoms with Crippen molar-refractivity contribution in [3.05, 3.63) is 63.1 Å². The number of rotatable bonds is 8. The van der Waals surface area contributed by atoms with Gasteiger partial charge in [-0.25, -0.2) is 4.98 Å². The van der Waals surface area contributed by atoms with Crippen molar-refractivity contribution in [3.8, 4) is 11.3 Å². The average Bonchev–Trinajstić information content (AvgIpc) is 3.48. The van der Waals surface area contributed by atoms with Gasteiger partial charge in [0.25, 0.3) is 0 Å². The standard InChI is InChI=1S/C22H23N3O2S2/c26-19(23-13-18-21(24-15-29-18)17-4-2-1-3-5-17)6-9-22(10-7-20(27)25-22)12-16-8-11-28-14-16/h1-5,8,11,14-15H,6-7,9-10,12-13H2,(H,23,26)(H,25,27). The van der Waals surface area contributed by atoms with Crippen LogP contribution < -0.4 is 10.6 Å². The Kier molecular flexibility index (Phi) is 6.06. The number of benzene rings is 1. The summed E-state index contributed by atoms with van der Waals surface area (Å²) in [4.78, 5) is 29.9. The number of aromatic nitrogens is 1. The summed E-state index contributed by atoms with van der Waals surface area (Å²) < 4.78 is 0. The second-order valence-electron chi connectivity index (χ2n) is 7.40. The highest BCUT2D eigenvalue weighted by Crippen LogP contribution is 2.30. The minimum atomic E-state index is -0.310. The van der Waals surface area contributed by atoms with Gasteiger partial charge in [-0.3, -0.25) is 9.59 Å². The molecule has 1 fully saturated rings. The maximum Gasteiger partial charge on any atom is 0.220 e. The predicted octanol–water partition coefficient (Wildman–Crippen LogP) is 4.16. The number of amides is 2. The van der Waals surface area contributed by atoms with Gasteiger partial charge in [0, 0.05) is 23.9 Å². The zero-order valence-electron chi connectivity index (χ0n) is 16.0. The third-order valence-electron chi connectivity index (χ3n) is 5.32. The van der Waals surface area contributed by atoms with Crippen molar-refractivity contribution >= 4 is 34.5 Å². The maximum atomic E-state index is 12.5. The summed E-state index contributed by atoms with van der Waals surface area (Å²) >= 11 is 3.21. The Hall–Kier alpha value is -2.51. The van der Waals surface area contributed by atoms with E-state index in [2.05, 4.69) is 27.1 Å². The number of nitrogens with one attached hydrogen (secondary N) is 2. The molecule has 0 spiro atoms. The predicted molar refractivity (Wildman–Crippen MR) is 117 cm³/mol. The minimum Gasteiger partial charge on any atom is -0.351 e. The van der Waals surface area contributed by atoms with Gasteiger partial charge in [-0.1, -0.05) is 30.3 Å². The fourth-order valence-electron chi connectivity index (χ4n) is 3.81. The van der Waals surface area contributed by atoms with Crippen LogP contribution in [0.4, 0.5) is 0 Å². The van der Waals surface area contributed by atoms with Gasteiger partial charge in [0.1, 0.15) is 0 Å². The molecule has 4 rings (SSSR count). The SMILES string of the molecule is O=C(CCC1(Cc2ccsc2)CCC(=O)N1)NCc1scnc1-c1ccccc1. The van der Waals surface area contributed by atoms with Crippen molar-refractivity contribution in [1.82, 2.24) is 15.6 Å². The van der Waals surface area contributed by atoms with E-state index in [1.165, 1.54) is 5.56 Å². The Bertz CT molecular complexity index is 969. The van der Waals surface area contributed by atoms with Gasteiger partial charge >= 0.3 is 0 Å². The van der Waals surface area contributed by atoms with Crippen LogP contribution in [0.25, 0.3) is 11.3 Å². The Morgan fingerprint density at radius 3 is 2.83 bits per heavy atom. The van der Waals surface area contributed by atoms with Crippen LogP contribution in [0.15, 0.2) is 52.7 Å². The first-order valence-corrected chi connectivity index (χ1v) is 11.5. The van der Waals surface area contributed by atoms with E-state index in [1.807, 2.05) is 41.2 Å². The highest BCUT2D eigenvalue weighted by atomic mass is 32.1. The summed E-state index contributed by atoms with van der Waals surface area (Å²) in [6, 6.07) is 12.1. The van der Waals surface area contributed by atoms with Gasteiger partial charge in [0.05, 0.1) is 22.6 Å². The molecule has 1 aliphatic rings. The normalized spacial score (nSPS) is 18.6. The molecule has 0 aliphatic carbocycles. The third-order valence-corrected chi connectivity index (χ3v) is 6.89. The highest BCUT2D eigenvalue weighted by Gasteiger charge is 2.37. The molecule has 7 heteroatoms. The monoisotopic (exact) mass is 425 g/mol.